The molecule has 0 radical (unpaired) electrons. The standard InChI is InChI=1S/C12H10N4S/c1-7-8-6-14-4-3-10(8)17-11(7)9-2-5-15-12(13)16-9/h2-6H,1H3,(H2,13,15,16). The Morgan fingerprint density at radius 2 is 2.12 bits per heavy atom. The van der Waals surface area contributed by atoms with Crippen molar-refractivity contribution in [2.24, 2.45) is 0 Å². The molecule has 2 N–H and O–H groups in total. The molecule has 0 bridgehead atoms. The van der Waals surface area contributed by atoms with E-state index in [0.29, 0.717) is 5.95 Å². The summed E-state index contributed by atoms with van der Waals surface area (Å²) in [5, 5.41) is 1.17. The smallest absolute Gasteiger partial charge is 0.220 e. The molecule has 0 amide bonds. The lowest BCUT2D eigenvalue weighted by atomic mass is 10.1. The van der Waals surface area contributed by atoms with Crippen LogP contribution in [0.1, 0.15) is 5.56 Å². The van der Waals surface area contributed by atoms with Crippen molar-refractivity contribution in [1.82, 2.24) is 15.0 Å². The summed E-state index contributed by atoms with van der Waals surface area (Å²) in [6, 6.07) is 3.89. The van der Waals surface area contributed by atoms with Gasteiger partial charge in [0, 0.05) is 28.7 Å². The number of hydrogen-bond donors (Lipinski definition) is 1. The van der Waals surface area contributed by atoms with Gasteiger partial charge in [-0.25, -0.2) is 9.97 Å². The Morgan fingerprint density at radius 3 is 2.88 bits per heavy atom. The average molecular weight is 242 g/mol. The molecule has 17 heavy (non-hydrogen) atoms. The fraction of sp³-hybridized carbons (Fsp3) is 0.0833. The molecule has 3 rings (SSSR count). The van der Waals surface area contributed by atoms with E-state index in [4.69, 9.17) is 5.73 Å². The molecule has 84 valence electrons. The molecule has 3 aromatic heterocycles. The lowest BCUT2D eigenvalue weighted by Gasteiger charge is -1.99. The van der Waals surface area contributed by atoms with Gasteiger partial charge in [0.2, 0.25) is 5.95 Å². The summed E-state index contributed by atoms with van der Waals surface area (Å²) in [7, 11) is 0. The van der Waals surface area contributed by atoms with E-state index in [9.17, 15) is 0 Å². The molecular weight excluding hydrogens is 232 g/mol. The molecule has 0 aliphatic carbocycles. The summed E-state index contributed by atoms with van der Waals surface area (Å²) in [6.45, 7) is 2.08. The molecule has 0 aromatic carbocycles. The minimum absolute atomic E-state index is 0.303. The van der Waals surface area contributed by atoms with Gasteiger partial charge in [0.15, 0.2) is 0 Å². The highest BCUT2D eigenvalue weighted by molar-refractivity contribution is 7.22. The molecular formula is C12H10N4S. The van der Waals surface area contributed by atoms with Crippen molar-refractivity contribution in [2.45, 2.75) is 6.92 Å². The largest absolute Gasteiger partial charge is 0.368 e. The topological polar surface area (TPSA) is 64.7 Å². The molecule has 0 atom stereocenters. The summed E-state index contributed by atoms with van der Waals surface area (Å²) in [5.74, 6) is 0.303. The second-order valence-corrected chi connectivity index (χ2v) is 4.78. The molecule has 5 heteroatoms. The Kier molecular flexibility index (Phi) is 2.26. The number of fused-ring (bicyclic) bond motifs is 1. The molecule has 0 fully saturated rings. The van der Waals surface area contributed by atoms with E-state index >= 15 is 0 Å². The zero-order valence-electron chi connectivity index (χ0n) is 9.21. The predicted molar refractivity (Wildman–Crippen MR) is 69.8 cm³/mol. The van der Waals surface area contributed by atoms with Gasteiger partial charge in [-0.15, -0.1) is 11.3 Å². The number of nitrogens with two attached hydrogens (primary N) is 1. The Balaban J connectivity index is 2.27. The highest BCUT2D eigenvalue weighted by Crippen LogP contribution is 2.36. The van der Waals surface area contributed by atoms with Crippen LogP contribution < -0.4 is 5.73 Å². The molecule has 0 aliphatic heterocycles. The molecule has 3 aromatic rings. The number of aromatic nitrogens is 3. The molecule has 0 saturated carbocycles. The maximum absolute atomic E-state index is 5.61. The Bertz CT molecular complexity index is 690. The zero-order chi connectivity index (χ0) is 11.8. The fourth-order valence-corrected chi connectivity index (χ4v) is 2.95. The molecule has 0 aliphatic rings. The van der Waals surface area contributed by atoms with Crippen molar-refractivity contribution in [2.75, 3.05) is 5.73 Å². The van der Waals surface area contributed by atoms with Gasteiger partial charge < -0.3 is 5.73 Å². The van der Waals surface area contributed by atoms with E-state index in [1.165, 1.54) is 15.6 Å². The second-order valence-electron chi connectivity index (χ2n) is 3.73. The quantitative estimate of drug-likeness (QED) is 0.712. The predicted octanol–water partition coefficient (Wildman–Crippen LogP) is 2.64. The first-order chi connectivity index (χ1) is 8.25. The van der Waals surface area contributed by atoms with Crippen LogP contribution in [0.15, 0.2) is 30.7 Å². The van der Waals surface area contributed by atoms with Gasteiger partial charge in [-0.05, 0) is 24.6 Å². The monoisotopic (exact) mass is 242 g/mol. The molecule has 3 heterocycles. The third kappa shape index (κ3) is 1.64. The average Bonchev–Trinajstić information content (AvgIpc) is 2.68. The van der Waals surface area contributed by atoms with Crippen molar-refractivity contribution in [3.63, 3.8) is 0 Å². The van der Waals surface area contributed by atoms with Crippen LogP contribution in [0.3, 0.4) is 0 Å². The first-order valence-electron chi connectivity index (χ1n) is 5.18. The molecule has 0 saturated heterocycles. The maximum atomic E-state index is 5.61. The third-order valence-corrected chi connectivity index (χ3v) is 3.94. The third-order valence-electron chi connectivity index (χ3n) is 2.64. The van der Waals surface area contributed by atoms with Crippen LogP contribution in [0.25, 0.3) is 20.7 Å². The van der Waals surface area contributed by atoms with Gasteiger partial charge in [-0.1, -0.05) is 0 Å². The van der Waals surface area contributed by atoms with Gasteiger partial charge in [-0.2, -0.15) is 0 Å². The summed E-state index contributed by atoms with van der Waals surface area (Å²) in [4.78, 5) is 13.4. The zero-order valence-corrected chi connectivity index (χ0v) is 10.0. The minimum Gasteiger partial charge on any atom is -0.368 e. The number of anilines is 1. The highest BCUT2D eigenvalue weighted by Gasteiger charge is 2.11. The van der Waals surface area contributed by atoms with Crippen LogP contribution in [0, 0.1) is 6.92 Å². The first kappa shape index (κ1) is 10.2. The normalized spacial score (nSPS) is 10.9. The van der Waals surface area contributed by atoms with Crippen molar-refractivity contribution in [3.05, 3.63) is 36.3 Å². The van der Waals surface area contributed by atoms with Crippen LogP contribution in [-0.2, 0) is 0 Å². The summed E-state index contributed by atoms with van der Waals surface area (Å²) in [6.07, 6.45) is 5.37. The fourth-order valence-electron chi connectivity index (χ4n) is 1.81. The van der Waals surface area contributed by atoms with Crippen molar-refractivity contribution < 1.29 is 0 Å². The second kappa shape index (κ2) is 3.78. The van der Waals surface area contributed by atoms with Crippen LogP contribution in [0.2, 0.25) is 0 Å². The number of nitrogen functional groups attached to an aromatic ring is 1. The number of aryl methyl sites for hydroxylation is 1. The van der Waals surface area contributed by atoms with E-state index in [1.54, 1.807) is 23.7 Å². The van der Waals surface area contributed by atoms with E-state index in [1.807, 2.05) is 18.3 Å². The van der Waals surface area contributed by atoms with Crippen molar-refractivity contribution >= 4 is 27.4 Å². The summed E-state index contributed by atoms with van der Waals surface area (Å²) < 4.78 is 1.21. The lowest BCUT2D eigenvalue weighted by Crippen LogP contribution is -1.94. The van der Waals surface area contributed by atoms with E-state index < -0.39 is 0 Å². The van der Waals surface area contributed by atoms with Crippen molar-refractivity contribution in [3.8, 4) is 10.6 Å². The SMILES string of the molecule is Cc1c(-c2ccnc(N)n2)sc2ccncc12. The molecule has 0 spiro atoms. The Labute approximate surface area is 102 Å². The van der Waals surface area contributed by atoms with Crippen LogP contribution in [-0.4, -0.2) is 15.0 Å². The van der Waals surface area contributed by atoms with Gasteiger partial charge in [0.05, 0.1) is 10.6 Å². The van der Waals surface area contributed by atoms with Crippen molar-refractivity contribution in [1.29, 1.82) is 0 Å². The van der Waals surface area contributed by atoms with Crippen LogP contribution in [0.4, 0.5) is 5.95 Å². The number of thiophene rings is 1. The van der Waals surface area contributed by atoms with Gasteiger partial charge in [0.25, 0.3) is 0 Å². The number of hydrogen-bond acceptors (Lipinski definition) is 5. The summed E-state index contributed by atoms with van der Waals surface area (Å²) in [5.41, 5.74) is 7.67. The summed E-state index contributed by atoms with van der Waals surface area (Å²) >= 11 is 1.70. The highest BCUT2D eigenvalue weighted by atomic mass is 32.1. The van der Waals surface area contributed by atoms with Crippen LogP contribution in [0.5, 0.6) is 0 Å². The lowest BCUT2D eigenvalue weighted by molar-refractivity contribution is 1.19. The van der Waals surface area contributed by atoms with E-state index in [-0.39, 0.29) is 0 Å². The molecule has 4 nitrogen and oxygen atoms in total. The Morgan fingerprint density at radius 1 is 1.24 bits per heavy atom. The number of rotatable bonds is 1. The van der Waals surface area contributed by atoms with Gasteiger partial charge in [-0.3, -0.25) is 4.98 Å². The van der Waals surface area contributed by atoms with Crippen LogP contribution >= 0.6 is 11.3 Å². The maximum Gasteiger partial charge on any atom is 0.220 e. The van der Waals surface area contributed by atoms with E-state index in [2.05, 4.69) is 21.9 Å². The van der Waals surface area contributed by atoms with E-state index in [0.717, 1.165) is 10.6 Å². The van der Waals surface area contributed by atoms with Gasteiger partial charge in [0.1, 0.15) is 0 Å². The number of pyridine rings is 1. The number of nitrogens with zero attached hydrogens (tertiary/aromatic N) is 3. The molecule has 0 unspecified atom stereocenters. The minimum atomic E-state index is 0.303. The van der Waals surface area contributed by atoms with Gasteiger partial charge >= 0.3 is 0 Å². The first-order valence-corrected chi connectivity index (χ1v) is 5.99. The Hall–Kier alpha value is -2.01.